The van der Waals surface area contributed by atoms with Crippen molar-refractivity contribution in [2.75, 3.05) is 5.32 Å². The molecule has 126 valence electrons. The van der Waals surface area contributed by atoms with Gasteiger partial charge >= 0.3 is 0 Å². The van der Waals surface area contributed by atoms with Crippen LogP contribution in [0.25, 0.3) is 0 Å². The molecular weight excluding hydrogens is 302 g/mol. The van der Waals surface area contributed by atoms with Gasteiger partial charge in [0.2, 0.25) is 12.3 Å². The van der Waals surface area contributed by atoms with E-state index < -0.39 is 6.35 Å². The Morgan fingerprint density at radius 2 is 1.83 bits per heavy atom. The van der Waals surface area contributed by atoms with E-state index in [1.165, 1.54) is 5.56 Å². The second-order valence-corrected chi connectivity index (χ2v) is 5.83. The molecule has 0 radical (unpaired) electrons. The number of nitrogens with zero attached hydrogens (tertiary/aromatic N) is 2. The van der Waals surface area contributed by atoms with Gasteiger partial charge in [-0.25, -0.2) is 9.97 Å². The Labute approximate surface area is 142 Å². The Morgan fingerprint density at radius 1 is 1.08 bits per heavy atom. The Balaban J connectivity index is 1.52. The van der Waals surface area contributed by atoms with Crippen LogP contribution in [0.1, 0.15) is 30.9 Å². The first-order valence-electron chi connectivity index (χ1n) is 8.26. The highest BCUT2D eigenvalue weighted by molar-refractivity contribution is 5.53. The molecular formula is C18H23N5O. The molecule has 0 fully saturated rings. The summed E-state index contributed by atoms with van der Waals surface area (Å²) in [4.78, 5) is 8.69. The Hall–Kier alpha value is -2.60. The van der Waals surface area contributed by atoms with E-state index in [9.17, 15) is 0 Å². The molecule has 0 amide bonds. The number of allylic oxidation sites excluding steroid dienone is 1. The summed E-state index contributed by atoms with van der Waals surface area (Å²) in [6, 6.07) is 8.28. The number of aryl methyl sites for hydroxylation is 2. The number of nitrogens with two attached hydrogens (primary N) is 1. The molecule has 2 heterocycles. The normalized spacial score (nSPS) is 16.2. The number of benzene rings is 1. The van der Waals surface area contributed by atoms with Gasteiger partial charge in [0.05, 0.1) is 5.70 Å². The van der Waals surface area contributed by atoms with Crippen molar-refractivity contribution in [3.63, 3.8) is 0 Å². The van der Waals surface area contributed by atoms with Gasteiger partial charge in [0.15, 0.2) is 0 Å². The molecule has 1 atom stereocenters. The van der Waals surface area contributed by atoms with E-state index in [1.807, 2.05) is 24.5 Å². The van der Waals surface area contributed by atoms with Crippen molar-refractivity contribution in [2.24, 2.45) is 5.73 Å². The van der Waals surface area contributed by atoms with Crippen LogP contribution in [0.3, 0.4) is 0 Å². The minimum atomic E-state index is -0.407. The van der Waals surface area contributed by atoms with Gasteiger partial charge in [0.1, 0.15) is 6.26 Å². The third-order valence-corrected chi connectivity index (χ3v) is 3.82. The fraction of sp³-hybridized carbons (Fsp3) is 0.333. The number of aromatic nitrogens is 2. The Kier molecular flexibility index (Phi) is 5.28. The number of anilines is 2. The van der Waals surface area contributed by atoms with Crippen LogP contribution in [0.15, 0.2) is 48.6 Å². The fourth-order valence-electron chi connectivity index (χ4n) is 2.54. The van der Waals surface area contributed by atoms with Crippen molar-refractivity contribution in [3.8, 4) is 0 Å². The lowest BCUT2D eigenvalue weighted by atomic mass is 10.1. The smallest absolute Gasteiger partial charge is 0.227 e. The van der Waals surface area contributed by atoms with Gasteiger partial charge in [-0.15, -0.1) is 0 Å². The van der Waals surface area contributed by atoms with Crippen LogP contribution in [0.4, 0.5) is 11.6 Å². The van der Waals surface area contributed by atoms with Crippen LogP contribution in [-0.4, -0.2) is 16.3 Å². The molecule has 1 aromatic carbocycles. The zero-order chi connectivity index (χ0) is 16.8. The maximum Gasteiger partial charge on any atom is 0.227 e. The molecule has 1 aliphatic rings. The summed E-state index contributed by atoms with van der Waals surface area (Å²) in [5, 5.41) is 6.29. The summed E-state index contributed by atoms with van der Waals surface area (Å²) in [5.74, 6) is 0.619. The highest BCUT2D eigenvalue weighted by Gasteiger charge is 2.11. The van der Waals surface area contributed by atoms with E-state index in [0.29, 0.717) is 5.95 Å². The predicted octanol–water partition coefficient (Wildman–Crippen LogP) is 2.81. The Bertz CT molecular complexity index is 682. The molecule has 0 saturated carbocycles. The monoisotopic (exact) mass is 325 g/mol. The van der Waals surface area contributed by atoms with Gasteiger partial charge in [-0.3, -0.25) is 5.73 Å². The second-order valence-electron chi connectivity index (χ2n) is 5.83. The molecule has 6 nitrogen and oxygen atoms in total. The van der Waals surface area contributed by atoms with Gasteiger partial charge in [-0.2, -0.15) is 0 Å². The van der Waals surface area contributed by atoms with E-state index in [0.717, 1.165) is 42.6 Å². The number of nitrogens with one attached hydrogen (secondary N) is 2. The van der Waals surface area contributed by atoms with E-state index in [-0.39, 0.29) is 0 Å². The van der Waals surface area contributed by atoms with Crippen LogP contribution in [0, 0.1) is 0 Å². The lowest BCUT2D eigenvalue weighted by molar-refractivity contribution is 0.159. The summed E-state index contributed by atoms with van der Waals surface area (Å²) in [5.41, 5.74) is 10.0. The second kappa shape index (κ2) is 7.79. The molecule has 1 aromatic heterocycles. The minimum Gasteiger partial charge on any atom is -0.463 e. The van der Waals surface area contributed by atoms with Crippen LogP contribution in [0.2, 0.25) is 0 Å². The number of hydrogen-bond acceptors (Lipinski definition) is 6. The van der Waals surface area contributed by atoms with Crippen molar-refractivity contribution < 1.29 is 4.74 Å². The number of ether oxygens (including phenoxy) is 1. The summed E-state index contributed by atoms with van der Waals surface area (Å²) in [6.07, 6.45) is 8.96. The Morgan fingerprint density at radius 3 is 2.46 bits per heavy atom. The molecule has 24 heavy (non-hydrogen) atoms. The van der Waals surface area contributed by atoms with E-state index in [4.69, 9.17) is 10.5 Å². The van der Waals surface area contributed by atoms with Crippen molar-refractivity contribution in [2.45, 2.75) is 39.0 Å². The SMILES string of the molecule is CCCc1cnc(Nc2ccc(CCC3=COC(N)N3)cc2)nc1. The van der Waals surface area contributed by atoms with Crippen LogP contribution in [0.5, 0.6) is 0 Å². The molecule has 1 aliphatic heterocycles. The molecule has 1 unspecified atom stereocenters. The quantitative estimate of drug-likeness (QED) is 0.726. The largest absolute Gasteiger partial charge is 0.463 e. The van der Waals surface area contributed by atoms with Gasteiger partial charge in [0.25, 0.3) is 0 Å². The maximum absolute atomic E-state index is 5.61. The summed E-state index contributed by atoms with van der Waals surface area (Å²) in [7, 11) is 0. The van der Waals surface area contributed by atoms with Gasteiger partial charge in [-0.1, -0.05) is 25.5 Å². The minimum absolute atomic E-state index is 0.407. The summed E-state index contributed by atoms with van der Waals surface area (Å²) >= 11 is 0. The molecule has 6 heteroatoms. The summed E-state index contributed by atoms with van der Waals surface area (Å²) in [6.45, 7) is 2.15. The number of rotatable bonds is 7. The molecule has 4 N–H and O–H groups in total. The fourth-order valence-corrected chi connectivity index (χ4v) is 2.54. The molecule has 0 saturated heterocycles. The molecule has 0 aliphatic carbocycles. The van der Waals surface area contributed by atoms with E-state index in [2.05, 4.69) is 39.7 Å². The molecule has 3 rings (SSSR count). The average Bonchev–Trinajstić information content (AvgIpc) is 3.02. The van der Waals surface area contributed by atoms with Crippen molar-refractivity contribution in [1.82, 2.24) is 15.3 Å². The van der Waals surface area contributed by atoms with Crippen LogP contribution in [-0.2, 0) is 17.6 Å². The maximum atomic E-state index is 5.61. The zero-order valence-electron chi connectivity index (χ0n) is 13.8. The first kappa shape index (κ1) is 16.3. The molecule has 0 spiro atoms. The third-order valence-electron chi connectivity index (χ3n) is 3.82. The standard InChI is InChI=1S/C18H23N5O/c1-2-3-14-10-20-18(21-11-14)23-15-7-4-13(5-8-15)6-9-16-12-24-17(19)22-16/h4-5,7-8,10-12,17,22H,2-3,6,9,19H2,1H3,(H,20,21,23). The zero-order valence-corrected chi connectivity index (χ0v) is 13.8. The van der Waals surface area contributed by atoms with Gasteiger partial charge in [-0.05, 0) is 42.5 Å². The lowest BCUT2D eigenvalue weighted by Gasteiger charge is -2.08. The van der Waals surface area contributed by atoms with Crippen LogP contribution < -0.4 is 16.4 Å². The van der Waals surface area contributed by atoms with E-state index in [1.54, 1.807) is 6.26 Å². The third kappa shape index (κ3) is 4.45. The van der Waals surface area contributed by atoms with Crippen molar-refractivity contribution in [3.05, 3.63) is 59.7 Å². The average molecular weight is 325 g/mol. The highest BCUT2D eigenvalue weighted by Crippen LogP contribution is 2.17. The van der Waals surface area contributed by atoms with Crippen molar-refractivity contribution >= 4 is 11.6 Å². The topological polar surface area (TPSA) is 85.1 Å². The lowest BCUT2D eigenvalue weighted by Crippen LogP contribution is -2.33. The van der Waals surface area contributed by atoms with E-state index >= 15 is 0 Å². The first-order valence-corrected chi connectivity index (χ1v) is 8.26. The molecule has 0 bridgehead atoms. The summed E-state index contributed by atoms with van der Waals surface area (Å²) < 4.78 is 5.14. The molecule has 2 aromatic rings. The van der Waals surface area contributed by atoms with Gasteiger partial charge in [0, 0.05) is 18.1 Å². The highest BCUT2D eigenvalue weighted by atomic mass is 16.5. The van der Waals surface area contributed by atoms with Crippen LogP contribution >= 0.6 is 0 Å². The first-order chi connectivity index (χ1) is 11.7. The number of hydrogen-bond donors (Lipinski definition) is 3. The van der Waals surface area contributed by atoms with Gasteiger partial charge < -0.3 is 15.4 Å². The predicted molar refractivity (Wildman–Crippen MR) is 94.4 cm³/mol. The van der Waals surface area contributed by atoms with Crippen molar-refractivity contribution in [1.29, 1.82) is 0 Å².